The van der Waals surface area contributed by atoms with E-state index in [1.54, 1.807) is 21.3 Å². The van der Waals surface area contributed by atoms with Gasteiger partial charge in [-0.15, -0.1) is 0 Å². The summed E-state index contributed by atoms with van der Waals surface area (Å²) in [6.07, 6.45) is 0.894. The molecule has 0 rings (SSSR count). The van der Waals surface area contributed by atoms with Gasteiger partial charge in [0.25, 0.3) is 0 Å². The van der Waals surface area contributed by atoms with Crippen LogP contribution in [0.15, 0.2) is 12.4 Å². The van der Waals surface area contributed by atoms with Gasteiger partial charge in [-0.1, -0.05) is 6.58 Å². The van der Waals surface area contributed by atoms with Gasteiger partial charge in [0.15, 0.2) is 0 Å². The summed E-state index contributed by atoms with van der Waals surface area (Å²) in [5, 5.41) is 6.22. The first-order chi connectivity index (χ1) is 8.14. The van der Waals surface area contributed by atoms with E-state index in [1.165, 1.54) is 0 Å². The predicted octanol–water partition coefficient (Wildman–Crippen LogP) is -0.136. The molecule has 0 aromatic carbocycles. The van der Waals surface area contributed by atoms with E-state index in [0.717, 1.165) is 31.4 Å². The van der Waals surface area contributed by atoms with E-state index in [-0.39, 0.29) is 0 Å². The lowest BCUT2D eigenvalue weighted by Crippen LogP contribution is -2.43. The molecule has 0 bridgehead atoms. The highest BCUT2D eigenvalue weighted by Crippen LogP contribution is 2.14. The molecule has 0 fully saturated rings. The summed E-state index contributed by atoms with van der Waals surface area (Å²) in [5.74, 6) is 0.787. The summed E-state index contributed by atoms with van der Waals surface area (Å²) >= 11 is 0. The van der Waals surface area contributed by atoms with Gasteiger partial charge in [-0.05, 0) is 6.42 Å². The molecule has 0 aliphatic carbocycles. The number of hydrogen-bond donors (Lipinski definition) is 3. The van der Waals surface area contributed by atoms with Crippen LogP contribution in [-0.4, -0.2) is 49.8 Å². The Labute approximate surface area is 105 Å². The van der Waals surface area contributed by atoms with Crippen molar-refractivity contribution < 1.29 is 13.3 Å². The molecule has 0 saturated carbocycles. The molecule has 17 heavy (non-hydrogen) atoms. The zero-order valence-corrected chi connectivity index (χ0v) is 12.0. The molecule has 0 atom stereocenters. The van der Waals surface area contributed by atoms with Gasteiger partial charge in [0.1, 0.15) is 0 Å². The van der Waals surface area contributed by atoms with Crippen molar-refractivity contribution in [2.75, 3.05) is 41.0 Å². The molecule has 0 aromatic rings. The van der Waals surface area contributed by atoms with Crippen molar-refractivity contribution >= 4 is 8.80 Å². The molecule has 0 unspecified atom stereocenters. The van der Waals surface area contributed by atoms with E-state index in [4.69, 9.17) is 19.0 Å². The maximum Gasteiger partial charge on any atom is 0.500 e. The van der Waals surface area contributed by atoms with Gasteiger partial charge < -0.3 is 29.6 Å². The lowest BCUT2D eigenvalue weighted by Gasteiger charge is -2.24. The lowest BCUT2D eigenvalue weighted by molar-refractivity contribution is 0.123. The number of nitrogens with two attached hydrogens (primary N) is 1. The molecule has 0 spiro atoms. The van der Waals surface area contributed by atoms with Crippen LogP contribution in [0.3, 0.4) is 0 Å². The van der Waals surface area contributed by atoms with Gasteiger partial charge in [0.05, 0.1) is 5.82 Å². The van der Waals surface area contributed by atoms with E-state index < -0.39 is 8.80 Å². The van der Waals surface area contributed by atoms with Crippen LogP contribution < -0.4 is 16.4 Å². The van der Waals surface area contributed by atoms with Crippen LogP contribution in [0.5, 0.6) is 0 Å². The molecular weight excluding hydrogens is 238 g/mol. The van der Waals surface area contributed by atoms with Crippen LogP contribution in [0.2, 0.25) is 6.04 Å². The Bertz CT molecular complexity index is 205. The molecule has 7 heteroatoms. The first-order valence-corrected chi connectivity index (χ1v) is 7.59. The molecule has 0 aliphatic rings. The Morgan fingerprint density at radius 1 is 1.12 bits per heavy atom. The highest BCUT2D eigenvalue weighted by atomic mass is 28.4. The lowest BCUT2D eigenvalue weighted by atomic mass is 10.5. The fourth-order valence-electron chi connectivity index (χ4n) is 1.39. The van der Waals surface area contributed by atoms with Crippen LogP contribution in [-0.2, 0) is 13.3 Å². The molecular formula is C10H25N3O3Si. The van der Waals surface area contributed by atoms with E-state index in [0.29, 0.717) is 6.54 Å². The van der Waals surface area contributed by atoms with Crippen LogP contribution in [0.4, 0.5) is 0 Å². The smallest absolute Gasteiger partial charge is 0.377 e. The zero-order valence-electron chi connectivity index (χ0n) is 11.0. The summed E-state index contributed by atoms with van der Waals surface area (Å²) in [6.45, 7) is 5.93. The van der Waals surface area contributed by atoms with Gasteiger partial charge in [0.2, 0.25) is 0 Å². The van der Waals surface area contributed by atoms with Crippen LogP contribution >= 0.6 is 0 Å². The Kier molecular flexibility index (Phi) is 9.09. The topological polar surface area (TPSA) is 77.8 Å². The van der Waals surface area contributed by atoms with Crippen molar-refractivity contribution in [2.45, 2.75) is 12.5 Å². The summed E-state index contributed by atoms with van der Waals surface area (Å²) in [7, 11) is 2.43. The minimum atomic E-state index is -2.42. The third-order valence-corrected chi connectivity index (χ3v) is 5.25. The fourth-order valence-corrected chi connectivity index (χ4v) is 3.11. The van der Waals surface area contributed by atoms with Gasteiger partial charge >= 0.3 is 8.80 Å². The van der Waals surface area contributed by atoms with Gasteiger partial charge in [-0.25, -0.2) is 0 Å². The largest absolute Gasteiger partial charge is 0.500 e. The first-order valence-electron chi connectivity index (χ1n) is 5.66. The number of nitrogens with one attached hydrogen (secondary N) is 2. The Morgan fingerprint density at radius 2 is 1.65 bits per heavy atom. The summed E-state index contributed by atoms with van der Waals surface area (Å²) in [4.78, 5) is 0. The van der Waals surface area contributed by atoms with Gasteiger partial charge in [-0.2, -0.15) is 0 Å². The zero-order chi connectivity index (χ0) is 13.1. The summed E-state index contributed by atoms with van der Waals surface area (Å²) in [6, 6.07) is 0.771. The van der Waals surface area contributed by atoms with Crippen molar-refractivity contribution in [2.24, 2.45) is 5.73 Å². The highest BCUT2D eigenvalue weighted by Gasteiger charge is 2.36. The minimum absolute atomic E-state index is 0.591. The first kappa shape index (κ1) is 16.4. The number of rotatable bonds is 11. The maximum atomic E-state index is 5.37. The molecule has 0 amide bonds. The van der Waals surface area contributed by atoms with Crippen LogP contribution in [0.25, 0.3) is 0 Å². The molecule has 102 valence electrons. The Balaban J connectivity index is 3.71. The fraction of sp³-hybridized carbons (Fsp3) is 0.800. The molecule has 0 aliphatic heterocycles. The highest BCUT2D eigenvalue weighted by molar-refractivity contribution is 6.60. The minimum Gasteiger partial charge on any atom is -0.377 e. The molecule has 0 radical (unpaired) electrons. The average molecular weight is 263 g/mol. The Hall–Kier alpha value is -0.603. The summed E-state index contributed by atoms with van der Waals surface area (Å²) < 4.78 is 16.0. The number of hydrogen-bond acceptors (Lipinski definition) is 6. The predicted molar refractivity (Wildman–Crippen MR) is 70.4 cm³/mol. The van der Waals surface area contributed by atoms with E-state index >= 15 is 0 Å². The van der Waals surface area contributed by atoms with Crippen molar-refractivity contribution in [1.29, 1.82) is 0 Å². The molecule has 0 aromatic heterocycles. The molecule has 6 nitrogen and oxygen atoms in total. The molecule has 4 N–H and O–H groups in total. The monoisotopic (exact) mass is 263 g/mol. The van der Waals surface area contributed by atoms with E-state index in [1.807, 2.05) is 0 Å². The SMILES string of the molecule is C=C(NCCN)NCCC[Si](OC)(OC)OC. The van der Waals surface area contributed by atoms with Crippen LogP contribution in [0, 0.1) is 0 Å². The van der Waals surface area contributed by atoms with E-state index in [9.17, 15) is 0 Å². The molecule has 0 heterocycles. The second kappa shape index (κ2) is 9.43. The maximum absolute atomic E-state index is 5.37. The van der Waals surface area contributed by atoms with Gasteiger partial charge in [0, 0.05) is 47.0 Å². The van der Waals surface area contributed by atoms with Crippen LogP contribution in [0.1, 0.15) is 6.42 Å². The third kappa shape index (κ3) is 6.64. The Morgan fingerprint density at radius 3 is 2.12 bits per heavy atom. The second-order valence-electron chi connectivity index (χ2n) is 3.52. The van der Waals surface area contributed by atoms with Crippen molar-refractivity contribution in [3.63, 3.8) is 0 Å². The van der Waals surface area contributed by atoms with Crippen molar-refractivity contribution in [3.8, 4) is 0 Å². The normalized spacial score (nSPS) is 11.3. The quantitative estimate of drug-likeness (QED) is 0.356. The third-order valence-electron chi connectivity index (χ3n) is 2.41. The van der Waals surface area contributed by atoms with E-state index in [2.05, 4.69) is 17.2 Å². The standard InChI is InChI=1S/C10H25N3O3Si/c1-10(13-8-6-11)12-7-5-9-17(14-2,15-3)16-4/h12-13H,1,5-9,11H2,2-4H3. The van der Waals surface area contributed by atoms with Gasteiger partial charge in [-0.3, -0.25) is 0 Å². The molecule has 0 saturated heterocycles. The van der Waals surface area contributed by atoms with Crippen molar-refractivity contribution in [1.82, 2.24) is 10.6 Å². The van der Waals surface area contributed by atoms with Crippen molar-refractivity contribution in [3.05, 3.63) is 12.4 Å². The average Bonchev–Trinajstić information content (AvgIpc) is 2.37. The summed E-state index contributed by atoms with van der Waals surface area (Å²) in [5.41, 5.74) is 5.37. The second-order valence-corrected chi connectivity index (χ2v) is 6.61.